The highest BCUT2D eigenvalue weighted by Gasteiger charge is 2.32. The molecule has 1 aliphatic rings. The summed E-state index contributed by atoms with van der Waals surface area (Å²) in [5.41, 5.74) is 1.95. The molecule has 1 fully saturated rings. The molecule has 1 saturated heterocycles. The zero-order valence-corrected chi connectivity index (χ0v) is 18.7. The van der Waals surface area contributed by atoms with Crippen LogP contribution in [0.2, 0.25) is 0 Å². The minimum atomic E-state index is -1.05. The van der Waals surface area contributed by atoms with Crippen LogP contribution in [0.1, 0.15) is 45.1 Å². The normalized spacial score (nSPS) is 16.8. The molecule has 1 aliphatic heterocycles. The lowest BCUT2D eigenvalue weighted by Crippen LogP contribution is -2.42. The third kappa shape index (κ3) is 7.11. The Morgan fingerprint density at radius 2 is 2.00 bits per heavy atom. The average molecular weight is 447 g/mol. The molecule has 0 saturated carbocycles. The maximum Gasteiger partial charge on any atom is 0.326 e. The van der Waals surface area contributed by atoms with Crippen molar-refractivity contribution in [2.24, 2.45) is 0 Å². The Labute approximate surface area is 186 Å². The van der Waals surface area contributed by atoms with Crippen LogP contribution in [0.15, 0.2) is 46.9 Å². The summed E-state index contributed by atoms with van der Waals surface area (Å²) in [5, 5.41) is 11.7. The number of nitrogens with one attached hydrogen (secondary N) is 1. The van der Waals surface area contributed by atoms with E-state index in [0.29, 0.717) is 22.1 Å². The SMILES string of the molecule is CCCCC(NC(=O)CCN1C(=O)/C(=C/C(C)=C/c2ccccc2)SC1=S)C(=O)O. The number of hydrogen-bond donors (Lipinski definition) is 2. The summed E-state index contributed by atoms with van der Waals surface area (Å²) in [5.74, 6) is -1.69. The zero-order chi connectivity index (χ0) is 22.1. The van der Waals surface area contributed by atoms with Crippen molar-refractivity contribution < 1.29 is 19.5 Å². The molecule has 0 radical (unpaired) electrons. The van der Waals surface area contributed by atoms with E-state index in [1.54, 1.807) is 6.08 Å². The average Bonchev–Trinajstić information content (AvgIpc) is 2.96. The largest absolute Gasteiger partial charge is 0.480 e. The Kier molecular flexibility index (Phi) is 9.26. The molecular formula is C22H26N2O4S2. The van der Waals surface area contributed by atoms with Crippen molar-refractivity contribution >= 4 is 52.2 Å². The molecule has 1 unspecified atom stereocenters. The number of amides is 2. The van der Waals surface area contributed by atoms with Crippen LogP contribution in [0.25, 0.3) is 6.08 Å². The van der Waals surface area contributed by atoms with E-state index in [4.69, 9.17) is 12.2 Å². The van der Waals surface area contributed by atoms with Crippen molar-refractivity contribution in [3.8, 4) is 0 Å². The van der Waals surface area contributed by atoms with E-state index in [0.717, 1.165) is 17.6 Å². The van der Waals surface area contributed by atoms with Gasteiger partial charge in [0.25, 0.3) is 5.91 Å². The third-order valence-electron chi connectivity index (χ3n) is 4.47. The second kappa shape index (κ2) is 11.7. The van der Waals surface area contributed by atoms with E-state index < -0.39 is 17.9 Å². The van der Waals surface area contributed by atoms with Gasteiger partial charge in [-0.1, -0.05) is 80.2 Å². The molecule has 2 N–H and O–H groups in total. The summed E-state index contributed by atoms with van der Waals surface area (Å²) in [6, 6.07) is 8.88. The summed E-state index contributed by atoms with van der Waals surface area (Å²) in [6.07, 6.45) is 5.70. The molecule has 6 nitrogen and oxygen atoms in total. The molecule has 160 valence electrons. The molecule has 1 aromatic carbocycles. The molecule has 2 amide bonds. The topological polar surface area (TPSA) is 86.7 Å². The number of thioether (sulfide) groups is 1. The quantitative estimate of drug-likeness (QED) is 0.418. The molecule has 30 heavy (non-hydrogen) atoms. The standard InChI is InChI=1S/C22H26N2O4S2/c1-3-4-10-17(21(27)28)23-19(25)11-12-24-20(26)18(30-22(24)29)14-15(2)13-16-8-6-5-7-9-16/h5-9,13-14,17H,3-4,10-12H2,1-2H3,(H,23,25)(H,27,28)/b15-13+,18-14-. The predicted octanol–water partition coefficient (Wildman–Crippen LogP) is 3.98. The maximum atomic E-state index is 12.7. The van der Waals surface area contributed by atoms with E-state index in [1.165, 1.54) is 16.7 Å². The van der Waals surface area contributed by atoms with Crippen molar-refractivity contribution in [3.05, 3.63) is 52.4 Å². The van der Waals surface area contributed by atoms with Crippen molar-refractivity contribution in [2.45, 2.75) is 45.6 Å². The number of carbonyl (C=O) groups is 3. The van der Waals surface area contributed by atoms with Crippen molar-refractivity contribution in [1.82, 2.24) is 10.2 Å². The van der Waals surface area contributed by atoms with Crippen LogP contribution in [0.4, 0.5) is 0 Å². The summed E-state index contributed by atoms with van der Waals surface area (Å²) in [4.78, 5) is 38.0. The minimum absolute atomic E-state index is 0.00549. The van der Waals surface area contributed by atoms with Crippen LogP contribution in [0.3, 0.4) is 0 Å². The number of carboxylic acids is 1. The molecule has 0 bridgehead atoms. The van der Waals surface area contributed by atoms with Crippen molar-refractivity contribution in [1.29, 1.82) is 0 Å². The van der Waals surface area contributed by atoms with Gasteiger partial charge in [-0.25, -0.2) is 4.79 Å². The van der Waals surface area contributed by atoms with E-state index in [1.807, 2.05) is 50.3 Å². The van der Waals surface area contributed by atoms with E-state index in [9.17, 15) is 19.5 Å². The van der Waals surface area contributed by atoms with Crippen LogP contribution in [0.5, 0.6) is 0 Å². The van der Waals surface area contributed by atoms with Gasteiger partial charge in [0.1, 0.15) is 10.4 Å². The van der Waals surface area contributed by atoms with Gasteiger partial charge in [-0.2, -0.15) is 0 Å². The predicted molar refractivity (Wildman–Crippen MR) is 124 cm³/mol. The highest BCUT2D eigenvalue weighted by atomic mass is 32.2. The molecule has 1 aromatic rings. The number of benzene rings is 1. The summed E-state index contributed by atoms with van der Waals surface area (Å²) >= 11 is 6.50. The lowest BCUT2D eigenvalue weighted by Gasteiger charge is -2.17. The van der Waals surface area contributed by atoms with E-state index in [2.05, 4.69) is 5.32 Å². The van der Waals surface area contributed by atoms with Gasteiger partial charge in [0.05, 0.1) is 4.91 Å². The van der Waals surface area contributed by atoms with Gasteiger partial charge in [-0.3, -0.25) is 14.5 Å². The van der Waals surface area contributed by atoms with Gasteiger partial charge in [-0.15, -0.1) is 0 Å². The lowest BCUT2D eigenvalue weighted by molar-refractivity contribution is -0.142. The summed E-state index contributed by atoms with van der Waals surface area (Å²) in [7, 11) is 0. The number of hydrogen-bond acceptors (Lipinski definition) is 5. The van der Waals surface area contributed by atoms with Gasteiger partial charge in [-0.05, 0) is 30.6 Å². The van der Waals surface area contributed by atoms with E-state index in [-0.39, 0.29) is 18.9 Å². The summed E-state index contributed by atoms with van der Waals surface area (Å²) in [6.45, 7) is 3.99. The third-order valence-corrected chi connectivity index (χ3v) is 5.85. The van der Waals surface area contributed by atoms with Crippen LogP contribution in [-0.2, 0) is 14.4 Å². The lowest BCUT2D eigenvalue weighted by atomic mass is 10.1. The Bertz CT molecular complexity index is 865. The van der Waals surface area contributed by atoms with Crippen LogP contribution in [-0.4, -0.2) is 44.7 Å². The number of carboxylic acid groups (broad SMARTS) is 1. The molecular weight excluding hydrogens is 420 g/mol. The van der Waals surface area contributed by atoms with Crippen molar-refractivity contribution in [3.63, 3.8) is 0 Å². The number of rotatable bonds is 10. The maximum absolute atomic E-state index is 12.7. The molecule has 1 heterocycles. The number of nitrogens with zero attached hydrogens (tertiary/aromatic N) is 1. The van der Waals surface area contributed by atoms with Gasteiger partial charge in [0.2, 0.25) is 5.91 Å². The van der Waals surface area contributed by atoms with Crippen LogP contribution >= 0.6 is 24.0 Å². The number of allylic oxidation sites excluding steroid dienone is 2. The fourth-order valence-electron chi connectivity index (χ4n) is 2.90. The monoisotopic (exact) mass is 446 g/mol. The fourth-order valence-corrected chi connectivity index (χ4v) is 4.26. The first-order valence-corrected chi connectivity index (χ1v) is 11.0. The van der Waals surface area contributed by atoms with Gasteiger partial charge in [0.15, 0.2) is 0 Å². The molecule has 2 rings (SSSR count). The number of unbranched alkanes of at least 4 members (excludes halogenated alkanes) is 1. The molecule has 0 spiro atoms. The highest BCUT2D eigenvalue weighted by Crippen LogP contribution is 2.32. The smallest absolute Gasteiger partial charge is 0.326 e. The fraction of sp³-hybridized carbons (Fsp3) is 0.364. The highest BCUT2D eigenvalue weighted by molar-refractivity contribution is 8.26. The first-order chi connectivity index (χ1) is 14.3. The van der Waals surface area contributed by atoms with Crippen molar-refractivity contribution in [2.75, 3.05) is 6.54 Å². The van der Waals surface area contributed by atoms with Crippen LogP contribution < -0.4 is 5.32 Å². The minimum Gasteiger partial charge on any atom is -0.480 e. The number of aliphatic carboxylic acids is 1. The van der Waals surface area contributed by atoms with Crippen LogP contribution in [0, 0.1) is 0 Å². The van der Waals surface area contributed by atoms with Gasteiger partial charge >= 0.3 is 5.97 Å². The first-order valence-electron chi connectivity index (χ1n) is 9.82. The van der Waals surface area contributed by atoms with Gasteiger partial charge in [0, 0.05) is 13.0 Å². The molecule has 0 aromatic heterocycles. The second-order valence-corrected chi connectivity index (χ2v) is 8.66. The second-order valence-electron chi connectivity index (χ2n) is 6.98. The molecule has 8 heteroatoms. The Balaban J connectivity index is 1.95. The number of thiocarbonyl (C=S) groups is 1. The molecule has 1 atom stereocenters. The summed E-state index contributed by atoms with van der Waals surface area (Å²) < 4.78 is 0.396. The Morgan fingerprint density at radius 3 is 2.63 bits per heavy atom. The molecule has 0 aliphatic carbocycles. The zero-order valence-electron chi connectivity index (χ0n) is 17.1. The Morgan fingerprint density at radius 1 is 1.30 bits per heavy atom. The van der Waals surface area contributed by atoms with Gasteiger partial charge < -0.3 is 10.4 Å². The first kappa shape index (κ1) is 23.8. The Hall–Kier alpha value is -2.45. The van der Waals surface area contributed by atoms with E-state index >= 15 is 0 Å². The number of carbonyl (C=O) groups excluding carboxylic acids is 2.